The van der Waals surface area contributed by atoms with Crippen molar-refractivity contribution >= 4 is 24.2 Å². The van der Waals surface area contributed by atoms with Crippen LogP contribution in [0.3, 0.4) is 0 Å². The number of ether oxygens (including phenoxy) is 3. The molecular weight excluding hydrogens is 428 g/mol. The van der Waals surface area contributed by atoms with Gasteiger partial charge in [-0.05, 0) is 63.4 Å². The van der Waals surface area contributed by atoms with Crippen LogP contribution >= 0.6 is 0 Å². The summed E-state index contributed by atoms with van der Waals surface area (Å²) in [6.45, 7) is 10.8. The van der Waals surface area contributed by atoms with E-state index in [0.717, 1.165) is 5.56 Å². The fourth-order valence-corrected chi connectivity index (χ4v) is 2.55. The smallest absolute Gasteiger partial charge is 0.323 e. The van der Waals surface area contributed by atoms with Gasteiger partial charge in [-0.3, -0.25) is 19.2 Å². The van der Waals surface area contributed by atoms with Crippen molar-refractivity contribution in [3.63, 3.8) is 0 Å². The van der Waals surface area contributed by atoms with Crippen LogP contribution < -0.4 is 15.8 Å². The largest absolute Gasteiger partial charge is 0.467 e. The topological polar surface area (TPSA) is 134 Å². The molecule has 0 amide bonds. The summed E-state index contributed by atoms with van der Waals surface area (Å²) in [4.78, 5) is 45.2. The highest BCUT2D eigenvalue weighted by atomic mass is 16.5. The summed E-state index contributed by atoms with van der Waals surface area (Å²) in [5.74, 6) is -0.789. The van der Waals surface area contributed by atoms with E-state index in [1.807, 2.05) is 20.8 Å². The number of nitrogens with one attached hydrogen (secondary N) is 1. The molecule has 33 heavy (non-hydrogen) atoms. The monoisotopic (exact) mass is 466 g/mol. The lowest BCUT2D eigenvalue weighted by molar-refractivity contribution is -0.145. The number of hydrogen-bond donors (Lipinski definition) is 2. The average molecular weight is 467 g/mol. The van der Waals surface area contributed by atoms with E-state index < -0.39 is 12.0 Å². The number of benzene rings is 1. The van der Waals surface area contributed by atoms with Crippen LogP contribution in [0, 0.1) is 5.41 Å². The highest BCUT2D eigenvalue weighted by Crippen LogP contribution is 2.22. The maximum absolute atomic E-state index is 11.9. The van der Waals surface area contributed by atoms with Crippen LogP contribution in [0.1, 0.15) is 63.4 Å². The van der Waals surface area contributed by atoms with Crippen molar-refractivity contribution < 1.29 is 33.4 Å². The van der Waals surface area contributed by atoms with Crippen molar-refractivity contribution in [2.24, 2.45) is 11.1 Å². The first-order valence-corrected chi connectivity index (χ1v) is 10.9. The maximum Gasteiger partial charge on any atom is 0.323 e. The van der Waals surface area contributed by atoms with Crippen molar-refractivity contribution in [2.45, 2.75) is 59.9 Å². The van der Waals surface area contributed by atoms with E-state index in [1.165, 1.54) is 6.92 Å². The zero-order valence-corrected chi connectivity index (χ0v) is 20.6. The maximum atomic E-state index is 11.9. The standard InChI is InChI=1S/C18H26N2O5.C6H12O2/c1-4-24-18(23)15(20-3)11-13-7-8-16(14(10-13)12(2)21)25-17(22)6-5-9-19;1-6(2,3)4-8-5-7/h7-8,10,15,20H,4-6,9,11,19H2,1-3H3;5H,4H2,1-3H3. The lowest BCUT2D eigenvalue weighted by atomic mass is 9.99. The first-order chi connectivity index (χ1) is 15.5. The number of nitrogens with two attached hydrogens (primary N) is 1. The molecule has 0 aliphatic rings. The number of hydrogen-bond acceptors (Lipinski definition) is 9. The quantitative estimate of drug-likeness (QED) is 0.206. The second kappa shape index (κ2) is 15.9. The van der Waals surface area contributed by atoms with Gasteiger partial charge in [0.1, 0.15) is 11.8 Å². The minimum absolute atomic E-state index is 0.0981. The van der Waals surface area contributed by atoms with Gasteiger partial charge in [-0.15, -0.1) is 0 Å². The summed E-state index contributed by atoms with van der Waals surface area (Å²) < 4.78 is 14.8. The first kappa shape index (κ1) is 30.2. The van der Waals surface area contributed by atoms with Crippen molar-refractivity contribution in [3.05, 3.63) is 29.3 Å². The molecule has 1 atom stereocenters. The number of likely N-dealkylation sites (N-methyl/N-ethyl adjacent to an activating group) is 1. The molecular formula is C24H38N2O7. The predicted octanol–water partition coefficient (Wildman–Crippen LogP) is 2.43. The Labute approximate surface area is 196 Å². The molecule has 0 saturated heterocycles. The Hall–Kier alpha value is -2.78. The second-order valence-electron chi connectivity index (χ2n) is 8.52. The van der Waals surface area contributed by atoms with Gasteiger partial charge in [0.15, 0.2) is 5.78 Å². The van der Waals surface area contributed by atoms with Crippen LogP contribution in [-0.2, 0) is 30.3 Å². The van der Waals surface area contributed by atoms with E-state index in [9.17, 15) is 19.2 Å². The van der Waals surface area contributed by atoms with Gasteiger partial charge < -0.3 is 25.3 Å². The predicted molar refractivity (Wildman–Crippen MR) is 125 cm³/mol. The molecule has 0 heterocycles. The number of rotatable bonds is 12. The van der Waals surface area contributed by atoms with E-state index >= 15 is 0 Å². The molecule has 0 radical (unpaired) electrons. The van der Waals surface area contributed by atoms with Crippen LogP contribution in [0.4, 0.5) is 0 Å². The lowest BCUT2D eigenvalue weighted by Gasteiger charge is -2.16. The minimum atomic E-state index is -0.516. The summed E-state index contributed by atoms with van der Waals surface area (Å²) in [5, 5.41) is 2.90. The Morgan fingerprint density at radius 3 is 2.33 bits per heavy atom. The highest BCUT2D eigenvalue weighted by Gasteiger charge is 2.20. The highest BCUT2D eigenvalue weighted by molar-refractivity contribution is 5.97. The number of ketones is 1. The van der Waals surface area contributed by atoms with Gasteiger partial charge in [0.05, 0.1) is 18.8 Å². The van der Waals surface area contributed by atoms with Gasteiger partial charge in [0, 0.05) is 6.42 Å². The number of esters is 2. The van der Waals surface area contributed by atoms with E-state index in [4.69, 9.17) is 15.2 Å². The number of carbonyl (C=O) groups is 4. The summed E-state index contributed by atoms with van der Waals surface area (Å²) in [5.41, 5.74) is 6.53. The molecule has 9 nitrogen and oxygen atoms in total. The third-order valence-electron chi connectivity index (χ3n) is 4.18. The van der Waals surface area contributed by atoms with Crippen LogP contribution in [0.5, 0.6) is 5.75 Å². The van der Waals surface area contributed by atoms with Gasteiger partial charge in [-0.25, -0.2) is 0 Å². The third-order valence-corrected chi connectivity index (χ3v) is 4.18. The normalized spacial score (nSPS) is 11.5. The molecule has 0 saturated carbocycles. The fourth-order valence-electron chi connectivity index (χ4n) is 2.55. The van der Waals surface area contributed by atoms with Crippen molar-refractivity contribution in [1.82, 2.24) is 5.32 Å². The first-order valence-electron chi connectivity index (χ1n) is 10.9. The molecule has 0 aromatic heterocycles. The van der Waals surface area contributed by atoms with Crippen LogP contribution in [0.15, 0.2) is 18.2 Å². The summed E-state index contributed by atoms with van der Waals surface area (Å²) in [7, 11) is 1.67. The molecule has 186 valence electrons. The molecule has 9 heteroatoms. The molecule has 3 N–H and O–H groups in total. The molecule has 0 fully saturated rings. The number of carbonyl (C=O) groups excluding carboxylic acids is 4. The van der Waals surface area contributed by atoms with Gasteiger partial charge >= 0.3 is 11.9 Å². The van der Waals surface area contributed by atoms with Crippen LogP contribution in [-0.4, -0.2) is 57.0 Å². The lowest BCUT2D eigenvalue weighted by Crippen LogP contribution is -2.37. The van der Waals surface area contributed by atoms with Gasteiger partial charge in [-0.1, -0.05) is 26.8 Å². The molecule has 1 unspecified atom stereocenters. The van der Waals surface area contributed by atoms with Gasteiger partial charge in [0.25, 0.3) is 6.47 Å². The van der Waals surface area contributed by atoms with Crippen molar-refractivity contribution in [1.29, 1.82) is 0 Å². The minimum Gasteiger partial charge on any atom is -0.467 e. The Balaban J connectivity index is 0.00000109. The SMILES string of the molecule is CC(C)(C)COC=O.CCOC(=O)C(Cc1ccc(OC(=O)CCCN)c(C(C)=O)c1)NC. The molecule has 1 aromatic carbocycles. The van der Waals surface area contributed by atoms with E-state index in [1.54, 1.807) is 32.2 Å². The Bertz CT molecular complexity index is 773. The van der Waals surface area contributed by atoms with Crippen LogP contribution in [0.25, 0.3) is 0 Å². The van der Waals surface area contributed by atoms with E-state index in [2.05, 4.69) is 10.1 Å². The van der Waals surface area contributed by atoms with Gasteiger partial charge in [-0.2, -0.15) is 0 Å². The average Bonchev–Trinajstić information content (AvgIpc) is 2.75. The fraction of sp³-hybridized carbons (Fsp3) is 0.583. The van der Waals surface area contributed by atoms with Crippen molar-refractivity contribution in [2.75, 3.05) is 26.8 Å². The zero-order chi connectivity index (χ0) is 25.4. The second-order valence-corrected chi connectivity index (χ2v) is 8.52. The molecule has 1 aromatic rings. The Morgan fingerprint density at radius 2 is 1.88 bits per heavy atom. The van der Waals surface area contributed by atoms with E-state index in [0.29, 0.717) is 44.6 Å². The molecule has 0 bridgehead atoms. The summed E-state index contributed by atoms with van der Waals surface area (Å²) in [6.07, 6.45) is 1.08. The number of Topliss-reactive ketones (excluding diaryl/α,β-unsaturated/α-hetero) is 1. The third kappa shape index (κ3) is 13.4. The molecule has 0 aliphatic heterocycles. The summed E-state index contributed by atoms with van der Waals surface area (Å²) >= 11 is 0. The zero-order valence-electron chi connectivity index (χ0n) is 20.6. The molecule has 1 rings (SSSR count). The summed E-state index contributed by atoms with van der Waals surface area (Å²) in [6, 6.07) is 4.42. The van der Waals surface area contributed by atoms with E-state index in [-0.39, 0.29) is 29.3 Å². The van der Waals surface area contributed by atoms with Crippen molar-refractivity contribution in [3.8, 4) is 5.75 Å². The Morgan fingerprint density at radius 1 is 1.21 bits per heavy atom. The molecule has 0 spiro atoms. The van der Waals surface area contributed by atoms with Gasteiger partial charge in [0.2, 0.25) is 0 Å². The van der Waals surface area contributed by atoms with Crippen LogP contribution in [0.2, 0.25) is 0 Å². The Kier molecular flexibility index (Phi) is 14.6. The molecule has 0 aliphatic carbocycles.